The van der Waals surface area contributed by atoms with E-state index in [1.54, 1.807) is 4.90 Å². The number of aliphatic hydroxyl groups is 3. The number of alkyl carbamates (subject to hydrolysis) is 1. The van der Waals surface area contributed by atoms with Gasteiger partial charge in [0.1, 0.15) is 37.5 Å². The number of amides is 3. The van der Waals surface area contributed by atoms with Crippen molar-refractivity contribution in [1.82, 2.24) is 15.5 Å². The van der Waals surface area contributed by atoms with E-state index in [1.807, 2.05) is 30.3 Å². The van der Waals surface area contributed by atoms with E-state index in [-0.39, 0.29) is 12.5 Å². The first-order valence-electron chi connectivity index (χ1n) is 23.0. The maximum Gasteiger partial charge on any atom is 0.407 e. The van der Waals surface area contributed by atoms with Crippen LogP contribution < -0.4 is 10.6 Å². The molecule has 0 saturated carbocycles. The molecule has 1 aliphatic heterocycles. The zero-order valence-corrected chi connectivity index (χ0v) is 35.8. The summed E-state index contributed by atoms with van der Waals surface area (Å²) in [5.74, 6) is -0.790. The molecule has 0 aromatic heterocycles. The predicted molar refractivity (Wildman–Crippen MR) is 227 cm³/mol. The fraction of sp³-hybridized carbons (Fsp3) is 0.804. The number of carbonyl (C=O) groups excluding carboxylic acids is 3. The maximum absolute atomic E-state index is 13.9. The minimum absolute atomic E-state index is 0.0374. The number of benzene rings is 1. The molecule has 0 radical (unpaired) electrons. The third-order valence-corrected chi connectivity index (χ3v) is 11.2. The summed E-state index contributed by atoms with van der Waals surface area (Å²) < 4.78 is 11.3. The van der Waals surface area contributed by atoms with Gasteiger partial charge in [0, 0.05) is 13.0 Å². The van der Waals surface area contributed by atoms with E-state index in [4.69, 9.17) is 9.47 Å². The molecule has 1 heterocycles. The molecule has 1 aliphatic rings. The first-order valence-corrected chi connectivity index (χ1v) is 23.0. The molecule has 11 nitrogen and oxygen atoms in total. The fourth-order valence-electron chi connectivity index (χ4n) is 7.64. The second kappa shape index (κ2) is 33.1. The summed E-state index contributed by atoms with van der Waals surface area (Å²) >= 11 is 0. The van der Waals surface area contributed by atoms with E-state index < -0.39 is 55.7 Å². The monoisotopic (exact) mass is 804 g/mol. The number of aliphatic hydroxyl groups excluding tert-OH is 3. The van der Waals surface area contributed by atoms with Crippen LogP contribution in [0.4, 0.5) is 4.79 Å². The number of nitrogens with one attached hydrogen (secondary N) is 2. The minimum atomic E-state index is -1.52. The van der Waals surface area contributed by atoms with Crippen LogP contribution in [0.2, 0.25) is 0 Å². The summed E-state index contributed by atoms with van der Waals surface area (Å²) in [6, 6.07) is 7.97. The highest BCUT2D eigenvalue weighted by molar-refractivity contribution is 5.82. The van der Waals surface area contributed by atoms with Crippen molar-refractivity contribution in [2.75, 3.05) is 19.7 Å². The lowest BCUT2D eigenvalue weighted by atomic mass is 9.94. The van der Waals surface area contributed by atoms with Crippen molar-refractivity contribution >= 4 is 17.9 Å². The summed E-state index contributed by atoms with van der Waals surface area (Å²) in [5.41, 5.74) is 0.798. The van der Waals surface area contributed by atoms with Gasteiger partial charge in [-0.1, -0.05) is 192 Å². The zero-order chi connectivity index (χ0) is 41.4. The Hall–Kier alpha value is -2.73. The first kappa shape index (κ1) is 50.4. The van der Waals surface area contributed by atoms with E-state index >= 15 is 0 Å². The van der Waals surface area contributed by atoms with Gasteiger partial charge in [-0.15, -0.1) is 0 Å². The molecule has 328 valence electrons. The lowest BCUT2D eigenvalue weighted by Crippen LogP contribution is -2.69. The van der Waals surface area contributed by atoms with Crippen LogP contribution in [0.5, 0.6) is 0 Å². The van der Waals surface area contributed by atoms with Gasteiger partial charge in [0.15, 0.2) is 6.23 Å². The molecule has 1 fully saturated rings. The topological polar surface area (TPSA) is 158 Å². The van der Waals surface area contributed by atoms with Crippen LogP contribution in [-0.2, 0) is 25.7 Å². The van der Waals surface area contributed by atoms with Crippen LogP contribution in [0, 0.1) is 0 Å². The number of hydrogen-bond acceptors (Lipinski definition) is 8. The average Bonchev–Trinajstić information content (AvgIpc) is 3.22. The van der Waals surface area contributed by atoms with Crippen LogP contribution in [0.25, 0.3) is 0 Å². The molecule has 1 aromatic carbocycles. The summed E-state index contributed by atoms with van der Waals surface area (Å²) in [6.45, 7) is 3.87. The number of carbonyl (C=O) groups is 3. The predicted octanol–water partition coefficient (Wildman–Crippen LogP) is 8.85. The molecular weight excluding hydrogens is 723 g/mol. The molecule has 0 unspecified atom stereocenters. The molecule has 0 aliphatic carbocycles. The van der Waals surface area contributed by atoms with Crippen molar-refractivity contribution in [3.05, 3.63) is 35.9 Å². The zero-order valence-electron chi connectivity index (χ0n) is 35.8. The van der Waals surface area contributed by atoms with Gasteiger partial charge >= 0.3 is 6.09 Å². The van der Waals surface area contributed by atoms with Crippen LogP contribution in [0.1, 0.15) is 186 Å². The van der Waals surface area contributed by atoms with Gasteiger partial charge in [0.2, 0.25) is 11.8 Å². The van der Waals surface area contributed by atoms with E-state index in [9.17, 15) is 29.7 Å². The van der Waals surface area contributed by atoms with Crippen LogP contribution in [0.3, 0.4) is 0 Å². The summed E-state index contributed by atoms with van der Waals surface area (Å²) in [6.07, 6.45) is 24.0. The Bertz CT molecular complexity index is 1160. The van der Waals surface area contributed by atoms with Crippen LogP contribution >= 0.6 is 0 Å². The smallest absolute Gasteiger partial charge is 0.407 e. The Labute approximate surface area is 345 Å². The van der Waals surface area contributed by atoms with E-state index in [2.05, 4.69) is 24.5 Å². The highest BCUT2D eigenvalue weighted by Crippen LogP contribution is 2.26. The molecule has 1 saturated heterocycles. The highest BCUT2D eigenvalue weighted by Gasteiger charge is 2.48. The van der Waals surface area contributed by atoms with E-state index in [0.717, 1.165) is 56.9 Å². The Balaban J connectivity index is 1.95. The molecule has 1 aromatic rings. The van der Waals surface area contributed by atoms with E-state index in [0.29, 0.717) is 13.0 Å². The highest BCUT2D eigenvalue weighted by atomic mass is 16.6. The average molecular weight is 804 g/mol. The Kier molecular flexibility index (Phi) is 29.3. The Morgan fingerprint density at radius 3 is 1.63 bits per heavy atom. The largest absolute Gasteiger partial charge is 0.445 e. The molecule has 11 heteroatoms. The van der Waals surface area contributed by atoms with Crippen molar-refractivity contribution in [2.45, 2.75) is 218 Å². The molecule has 5 N–H and O–H groups in total. The second-order valence-electron chi connectivity index (χ2n) is 16.2. The summed E-state index contributed by atoms with van der Waals surface area (Å²) in [4.78, 5) is 41.0. The van der Waals surface area contributed by atoms with Gasteiger partial charge in [0.05, 0.1) is 6.61 Å². The van der Waals surface area contributed by atoms with Crippen molar-refractivity contribution in [3.8, 4) is 0 Å². The van der Waals surface area contributed by atoms with Crippen LogP contribution in [0.15, 0.2) is 30.3 Å². The van der Waals surface area contributed by atoms with Crippen molar-refractivity contribution in [2.24, 2.45) is 0 Å². The van der Waals surface area contributed by atoms with Gasteiger partial charge in [-0.2, -0.15) is 0 Å². The van der Waals surface area contributed by atoms with Gasteiger partial charge in [-0.25, -0.2) is 4.79 Å². The second-order valence-corrected chi connectivity index (χ2v) is 16.2. The standard InChI is InChI=1S/C46H81N3O8/c1-3-5-7-9-11-13-15-17-18-20-22-24-29-33-41(52)49(34-30-25-23-21-19-16-14-12-10-8-6-4-2)45-42(44(54)43(53)39(36-50)57-45)48-40(51)35-47-46(55)56-37-38-31-27-26-28-32-38/h26-28,31-32,39,42-45,50,53-54H,3-25,29-30,33-37H2,1-2H3,(H,47,55)(H,48,51)/t39-,42-,43-,44-,45-/m1/s1. The summed E-state index contributed by atoms with van der Waals surface area (Å²) in [5, 5.41) is 37.2. The molecule has 0 bridgehead atoms. The Morgan fingerprint density at radius 2 is 1.14 bits per heavy atom. The van der Waals surface area contributed by atoms with Gasteiger partial charge < -0.3 is 40.3 Å². The van der Waals surface area contributed by atoms with Crippen molar-refractivity contribution in [3.63, 3.8) is 0 Å². The first-order chi connectivity index (χ1) is 27.8. The lowest BCUT2D eigenvalue weighted by molar-refractivity contribution is -0.231. The minimum Gasteiger partial charge on any atom is -0.445 e. The van der Waals surface area contributed by atoms with E-state index in [1.165, 1.54) is 109 Å². The SMILES string of the molecule is CCCCCCCCCCCCCCCC(=O)N(CCCCCCCCCCCCCC)[C@@H]1O[C@H](CO)[C@@H](O)[C@H](O)[C@H]1NC(=O)CNC(=O)OCc1ccccc1. The number of hydrogen-bond donors (Lipinski definition) is 5. The number of nitrogens with zero attached hydrogens (tertiary/aromatic N) is 1. The Morgan fingerprint density at radius 1 is 0.667 bits per heavy atom. The third-order valence-electron chi connectivity index (χ3n) is 11.2. The van der Waals surface area contributed by atoms with Crippen molar-refractivity contribution in [1.29, 1.82) is 0 Å². The fourth-order valence-corrected chi connectivity index (χ4v) is 7.64. The van der Waals surface area contributed by atoms with Gasteiger partial charge in [0.25, 0.3) is 0 Å². The quantitative estimate of drug-likeness (QED) is 0.0433. The maximum atomic E-state index is 13.9. The molecule has 0 spiro atoms. The van der Waals surface area contributed by atoms with Crippen LogP contribution in [-0.4, -0.2) is 88.4 Å². The third kappa shape index (κ3) is 22.9. The lowest BCUT2D eigenvalue weighted by Gasteiger charge is -2.47. The molecule has 57 heavy (non-hydrogen) atoms. The van der Waals surface area contributed by atoms with Gasteiger partial charge in [-0.05, 0) is 18.4 Å². The summed E-state index contributed by atoms with van der Waals surface area (Å²) in [7, 11) is 0. The molecule has 3 amide bonds. The normalized spacial score (nSPS) is 19.3. The number of ether oxygens (including phenoxy) is 2. The molecule has 2 rings (SSSR count). The molecule has 5 atom stereocenters. The number of unbranched alkanes of at least 4 members (excludes halogenated alkanes) is 23. The van der Waals surface area contributed by atoms with Gasteiger partial charge in [-0.3, -0.25) is 9.59 Å². The molecular formula is C46H81N3O8. The van der Waals surface area contributed by atoms with Crippen molar-refractivity contribution < 1.29 is 39.2 Å². The number of rotatable bonds is 34.